The third-order valence-electron chi connectivity index (χ3n) is 2.79. The van der Waals surface area contributed by atoms with Gasteiger partial charge in [0.1, 0.15) is 12.2 Å². The van der Waals surface area contributed by atoms with Gasteiger partial charge >= 0.3 is 5.97 Å². The lowest BCUT2D eigenvalue weighted by atomic mass is 10.1. The number of pyridine rings is 1. The quantitative estimate of drug-likeness (QED) is 0.787. The largest absolute Gasteiger partial charge is 0.489 e. The Bertz CT molecular complexity index is 597. The number of carbonyl (C=O) groups is 1. The molecule has 0 spiro atoms. The number of benzene rings is 1. The van der Waals surface area contributed by atoms with Gasteiger partial charge in [-0.3, -0.25) is 4.98 Å². The molecular weight excluding hydrogens is 258 g/mol. The second kappa shape index (κ2) is 6.86. The molecule has 0 aliphatic heterocycles. The van der Waals surface area contributed by atoms with Gasteiger partial charge in [0.15, 0.2) is 5.75 Å². The maximum Gasteiger partial charge on any atom is 0.340 e. The van der Waals surface area contributed by atoms with E-state index in [-0.39, 0.29) is 11.3 Å². The van der Waals surface area contributed by atoms with Crippen LogP contribution in [-0.4, -0.2) is 35.9 Å². The maximum atomic E-state index is 11.4. The van der Waals surface area contributed by atoms with E-state index in [2.05, 4.69) is 4.98 Å². The zero-order valence-electron chi connectivity index (χ0n) is 11.3. The van der Waals surface area contributed by atoms with Gasteiger partial charge in [0.05, 0.1) is 18.3 Å². The number of para-hydroxylation sites is 1. The van der Waals surface area contributed by atoms with E-state index in [4.69, 9.17) is 9.47 Å². The van der Waals surface area contributed by atoms with Crippen LogP contribution < -0.4 is 4.74 Å². The summed E-state index contributed by atoms with van der Waals surface area (Å²) in [5.41, 5.74) is 0.783. The fourth-order valence-electron chi connectivity index (χ4n) is 1.91. The Balaban J connectivity index is 2.20. The van der Waals surface area contributed by atoms with Crippen molar-refractivity contribution in [3.05, 3.63) is 36.0 Å². The first kappa shape index (κ1) is 14.3. The van der Waals surface area contributed by atoms with E-state index in [1.807, 2.05) is 13.0 Å². The van der Waals surface area contributed by atoms with Gasteiger partial charge in [-0.1, -0.05) is 25.1 Å². The SMILES string of the molecule is CCCOCCOc1cnc2ccccc2c1C(=O)O. The molecule has 0 radical (unpaired) electrons. The van der Waals surface area contributed by atoms with E-state index in [9.17, 15) is 9.90 Å². The summed E-state index contributed by atoms with van der Waals surface area (Å²) in [6, 6.07) is 7.10. The molecule has 2 aromatic rings. The predicted octanol–water partition coefficient (Wildman–Crippen LogP) is 2.74. The molecular formula is C15H17NO4. The normalized spacial score (nSPS) is 10.7. The number of hydrogen-bond donors (Lipinski definition) is 1. The van der Waals surface area contributed by atoms with Crippen LogP contribution in [0.3, 0.4) is 0 Å². The minimum absolute atomic E-state index is 0.145. The lowest BCUT2D eigenvalue weighted by Crippen LogP contribution is -2.10. The fraction of sp³-hybridized carbons (Fsp3) is 0.333. The molecule has 5 heteroatoms. The van der Waals surface area contributed by atoms with Gasteiger partial charge in [-0.2, -0.15) is 0 Å². The lowest BCUT2D eigenvalue weighted by Gasteiger charge is -2.11. The minimum atomic E-state index is -1.02. The summed E-state index contributed by atoms with van der Waals surface area (Å²) in [6.45, 7) is 3.43. The molecule has 1 aromatic heterocycles. The van der Waals surface area contributed by atoms with Gasteiger partial charge in [0.25, 0.3) is 0 Å². The van der Waals surface area contributed by atoms with Gasteiger partial charge in [-0.05, 0) is 12.5 Å². The van der Waals surface area contributed by atoms with Gasteiger partial charge in [-0.25, -0.2) is 4.79 Å². The van der Waals surface area contributed by atoms with Gasteiger partial charge in [-0.15, -0.1) is 0 Å². The van der Waals surface area contributed by atoms with E-state index in [1.54, 1.807) is 18.2 Å². The van der Waals surface area contributed by atoms with Crippen molar-refractivity contribution in [3.63, 3.8) is 0 Å². The van der Waals surface area contributed by atoms with Crippen molar-refractivity contribution in [1.29, 1.82) is 0 Å². The van der Waals surface area contributed by atoms with Crippen LogP contribution in [0, 0.1) is 0 Å². The van der Waals surface area contributed by atoms with Crippen LogP contribution in [0.25, 0.3) is 10.9 Å². The Morgan fingerprint density at radius 3 is 2.80 bits per heavy atom. The molecule has 5 nitrogen and oxygen atoms in total. The van der Waals surface area contributed by atoms with Crippen molar-refractivity contribution in [3.8, 4) is 5.75 Å². The zero-order valence-corrected chi connectivity index (χ0v) is 11.3. The number of fused-ring (bicyclic) bond motifs is 1. The highest BCUT2D eigenvalue weighted by Crippen LogP contribution is 2.26. The Morgan fingerprint density at radius 1 is 1.25 bits per heavy atom. The molecule has 2 rings (SSSR count). The molecule has 1 aromatic carbocycles. The number of carboxylic acids is 1. The molecule has 0 aliphatic carbocycles. The summed E-state index contributed by atoms with van der Waals surface area (Å²) in [7, 11) is 0. The van der Waals surface area contributed by atoms with Crippen molar-refractivity contribution in [2.24, 2.45) is 0 Å². The molecule has 0 unspecified atom stereocenters. The number of nitrogens with zero attached hydrogens (tertiary/aromatic N) is 1. The standard InChI is InChI=1S/C15H17NO4/c1-2-7-19-8-9-20-13-10-16-12-6-4-3-5-11(12)14(13)15(17)18/h3-6,10H,2,7-9H2,1H3,(H,17,18). The number of hydrogen-bond acceptors (Lipinski definition) is 4. The maximum absolute atomic E-state index is 11.4. The fourth-order valence-corrected chi connectivity index (χ4v) is 1.91. The Labute approximate surface area is 117 Å². The van der Waals surface area contributed by atoms with Crippen LogP contribution in [0.2, 0.25) is 0 Å². The van der Waals surface area contributed by atoms with Gasteiger partial charge in [0.2, 0.25) is 0 Å². The summed E-state index contributed by atoms with van der Waals surface area (Å²) in [5, 5.41) is 9.94. The average molecular weight is 275 g/mol. The van der Waals surface area contributed by atoms with Crippen molar-refractivity contribution in [2.45, 2.75) is 13.3 Å². The average Bonchev–Trinajstić information content (AvgIpc) is 2.46. The number of aromatic carboxylic acids is 1. The molecule has 0 saturated heterocycles. The predicted molar refractivity (Wildman–Crippen MR) is 75.3 cm³/mol. The molecule has 0 fully saturated rings. The van der Waals surface area contributed by atoms with Gasteiger partial charge < -0.3 is 14.6 Å². The highest BCUT2D eigenvalue weighted by atomic mass is 16.5. The number of rotatable bonds is 7. The van der Waals surface area contributed by atoms with Crippen molar-refractivity contribution in [2.75, 3.05) is 19.8 Å². The lowest BCUT2D eigenvalue weighted by molar-refractivity contribution is 0.0687. The third kappa shape index (κ3) is 3.24. The topological polar surface area (TPSA) is 68.7 Å². The highest BCUT2D eigenvalue weighted by Gasteiger charge is 2.16. The smallest absolute Gasteiger partial charge is 0.340 e. The molecule has 1 N–H and O–H groups in total. The second-order valence-corrected chi connectivity index (χ2v) is 4.28. The Kier molecular flexibility index (Phi) is 4.90. The first-order chi connectivity index (χ1) is 9.74. The summed E-state index contributed by atoms with van der Waals surface area (Å²) in [5.74, 6) is -0.746. The molecule has 0 aliphatic rings. The van der Waals surface area contributed by atoms with Crippen LogP contribution in [0.15, 0.2) is 30.5 Å². The molecule has 1 heterocycles. The summed E-state index contributed by atoms with van der Waals surface area (Å²) >= 11 is 0. The van der Waals surface area contributed by atoms with Crippen molar-refractivity contribution < 1.29 is 19.4 Å². The van der Waals surface area contributed by atoms with E-state index in [1.165, 1.54) is 6.20 Å². The number of aromatic nitrogens is 1. The van der Waals surface area contributed by atoms with Crippen LogP contribution in [0.4, 0.5) is 0 Å². The molecule has 106 valence electrons. The molecule has 0 saturated carbocycles. The molecule has 0 amide bonds. The summed E-state index contributed by atoms with van der Waals surface area (Å²) in [6.07, 6.45) is 2.39. The Morgan fingerprint density at radius 2 is 2.05 bits per heavy atom. The highest BCUT2D eigenvalue weighted by molar-refractivity contribution is 6.04. The van der Waals surface area contributed by atoms with Crippen molar-refractivity contribution >= 4 is 16.9 Å². The van der Waals surface area contributed by atoms with Crippen molar-refractivity contribution in [1.82, 2.24) is 4.98 Å². The zero-order chi connectivity index (χ0) is 14.4. The molecule has 0 bridgehead atoms. The van der Waals surface area contributed by atoms with E-state index >= 15 is 0 Å². The first-order valence-corrected chi connectivity index (χ1v) is 6.55. The summed E-state index contributed by atoms with van der Waals surface area (Å²) in [4.78, 5) is 15.6. The van der Waals surface area contributed by atoms with Crippen LogP contribution in [-0.2, 0) is 4.74 Å². The first-order valence-electron chi connectivity index (χ1n) is 6.55. The summed E-state index contributed by atoms with van der Waals surface area (Å²) < 4.78 is 10.8. The molecule has 0 atom stereocenters. The Hall–Kier alpha value is -2.14. The molecule has 20 heavy (non-hydrogen) atoms. The third-order valence-corrected chi connectivity index (χ3v) is 2.79. The van der Waals surface area contributed by atoms with E-state index < -0.39 is 5.97 Å². The van der Waals surface area contributed by atoms with E-state index in [0.717, 1.165) is 6.42 Å². The number of carboxylic acid groups (broad SMARTS) is 1. The number of ether oxygens (including phenoxy) is 2. The van der Waals surface area contributed by atoms with Crippen LogP contribution in [0.1, 0.15) is 23.7 Å². The van der Waals surface area contributed by atoms with Crippen LogP contribution in [0.5, 0.6) is 5.75 Å². The van der Waals surface area contributed by atoms with Gasteiger partial charge in [0, 0.05) is 12.0 Å². The second-order valence-electron chi connectivity index (χ2n) is 4.28. The minimum Gasteiger partial charge on any atom is -0.489 e. The monoisotopic (exact) mass is 275 g/mol. The van der Waals surface area contributed by atoms with E-state index in [0.29, 0.717) is 30.7 Å². The van der Waals surface area contributed by atoms with Crippen LogP contribution >= 0.6 is 0 Å².